The molecule has 9 heteroatoms. The van der Waals surface area contributed by atoms with Gasteiger partial charge in [0, 0.05) is 6.54 Å². The summed E-state index contributed by atoms with van der Waals surface area (Å²) < 4.78 is 27.0. The quantitative estimate of drug-likeness (QED) is 0.288. The lowest BCUT2D eigenvalue weighted by Gasteiger charge is -2.45. The third-order valence-corrected chi connectivity index (χ3v) is 5.61. The van der Waals surface area contributed by atoms with Crippen LogP contribution in [-0.4, -0.2) is 82.7 Å². The van der Waals surface area contributed by atoms with Crippen molar-refractivity contribution in [1.82, 2.24) is 5.32 Å². The van der Waals surface area contributed by atoms with Crippen LogP contribution in [0.2, 0.25) is 0 Å². The van der Waals surface area contributed by atoms with Gasteiger partial charge >= 0.3 is 6.09 Å². The number of carbonyl (C=O) groups is 1. The molecule has 0 aromatic heterocycles. The minimum absolute atomic E-state index is 0.0313. The van der Waals surface area contributed by atoms with E-state index in [1.165, 1.54) is 0 Å². The molecule has 0 radical (unpaired) electrons. The summed E-state index contributed by atoms with van der Waals surface area (Å²) >= 11 is 0. The number of ether oxygens (including phenoxy) is 5. The van der Waals surface area contributed by atoms with Crippen LogP contribution < -0.4 is 5.32 Å². The van der Waals surface area contributed by atoms with Crippen LogP contribution in [0.4, 0.5) is 4.79 Å². The van der Waals surface area contributed by atoms with E-state index < -0.39 is 12.2 Å². The first-order valence-corrected chi connectivity index (χ1v) is 10.7. The smallest absolute Gasteiger partial charge is 0.407 e. The minimum Gasteiger partial charge on any atom is -0.441 e. The van der Waals surface area contributed by atoms with E-state index in [1.807, 2.05) is 0 Å². The molecule has 2 heterocycles. The topological polar surface area (TPSA) is 111 Å². The molecular weight excluding hydrogens is 392 g/mol. The van der Waals surface area contributed by atoms with Gasteiger partial charge < -0.3 is 29.0 Å². The maximum absolute atomic E-state index is 12.4. The van der Waals surface area contributed by atoms with Gasteiger partial charge in [-0.25, -0.2) is 14.6 Å². The van der Waals surface area contributed by atoms with Crippen LogP contribution in [-0.2, 0) is 28.5 Å². The molecule has 0 aromatic carbocycles. The maximum Gasteiger partial charge on any atom is 0.407 e. The van der Waals surface area contributed by atoms with Crippen molar-refractivity contribution in [1.29, 1.82) is 0 Å². The Morgan fingerprint density at radius 2 is 1.73 bits per heavy atom. The second-order valence-corrected chi connectivity index (χ2v) is 9.80. The summed E-state index contributed by atoms with van der Waals surface area (Å²) in [6.45, 7) is 9.77. The Balaban J connectivity index is 1.45. The fraction of sp³-hybridized carbons (Fsp3) is 0.905. The van der Waals surface area contributed by atoms with Gasteiger partial charge in [-0.1, -0.05) is 20.8 Å². The zero-order chi connectivity index (χ0) is 21.6. The van der Waals surface area contributed by atoms with Crippen molar-refractivity contribution in [3.63, 3.8) is 0 Å². The normalized spacial score (nSPS) is 32.6. The molecule has 1 saturated carbocycles. The highest BCUT2D eigenvalue weighted by Crippen LogP contribution is 2.46. The highest BCUT2D eigenvalue weighted by molar-refractivity contribution is 5.67. The first kappa shape index (κ1) is 23.2. The number of rotatable bonds is 12. The number of carbonyl (C=O) groups excluding carboxylic acids is 2. The minimum atomic E-state index is -0.509. The third-order valence-electron chi connectivity index (χ3n) is 5.61. The first-order chi connectivity index (χ1) is 14.3. The van der Waals surface area contributed by atoms with Crippen molar-refractivity contribution in [2.45, 2.75) is 64.4 Å². The summed E-state index contributed by atoms with van der Waals surface area (Å²) in [5.74, 6) is 0. The maximum atomic E-state index is 12.4. The lowest BCUT2D eigenvalue weighted by atomic mass is 9.63. The van der Waals surface area contributed by atoms with Crippen LogP contribution in [0.15, 0.2) is 4.99 Å². The lowest BCUT2D eigenvalue weighted by Crippen LogP contribution is -2.45. The molecule has 2 saturated heterocycles. The number of nitrogens with zero attached hydrogens (tertiary/aromatic N) is 1. The van der Waals surface area contributed by atoms with E-state index >= 15 is 0 Å². The molecule has 0 spiro atoms. The van der Waals surface area contributed by atoms with Gasteiger partial charge in [0.1, 0.15) is 12.2 Å². The van der Waals surface area contributed by atoms with Gasteiger partial charge in [0.05, 0.1) is 45.7 Å². The summed E-state index contributed by atoms with van der Waals surface area (Å²) in [7, 11) is 0. The molecule has 2 aliphatic heterocycles. The summed E-state index contributed by atoms with van der Waals surface area (Å²) in [4.78, 5) is 27.1. The molecule has 0 bridgehead atoms. The molecule has 30 heavy (non-hydrogen) atoms. The summed E-state index contributed by atoms with van der Waals surface area (Å²) in [6, 6.07) is -0.0714. The van der Waals surface area contributed by atoms with Gasteiger partial charge in [0.25, 0.3) is 0 Å². The number of hydrogen-bond acceptors (Lipinski definition) is 8. The van der Waals surface area contributed by atoms with Crippen LogP contribution in [0.25, 0.3) is 0 Å². The fourth-order valence-corrected chi connectivity index (χ4v) is 4.46. The number of aliphatic imine (C=N–C) groups is 1. The Labute approximate surface area is 177 Å². The van der Waals surface area contributed by atoms with Gasteiger partial charge in [-0.2, -0.15) is 0 Å². The van der Waals surface area contributed by atoms with E-state index in [4.69, 9.17) is 23.7 Å². The van der Waals surface area contributed by atoms with Crippen LogP contribution >= 0.6 is 0 Å². The van der Waals surface area contributed by atoms with Crippen LogP contribution in [0.3, 0.4) is 0 Å². The second kappa shape index (κ2) is 10.2. The zero-order valence-corrected chi connectivity index (χ0v) is 18.2. The van der Waals surface area contributed by atoms with Gasteiger partial charge in [0.2, 0.25) is 6.08 Å². The van der Waals surface area contributed by atoms with Crippen LogP contribution in [0, 0.1) is 10.8 Å². The molecule has 1 N–H and O–H groups in total. The summed E-state index contributed by atoms with van der Waals surface area (Å²) in [5, 5.41) is 2.89. The molecule has 1 aliphatic carbocycles. The molecule has 1 amide bonds. The second-order valence-electron chi connectivity index (χ2n) is 9.80. The Bertz CT molecular complexity index is 611. The van der Waals surface area contributed by atoms with E-state index in [9.17, 15) is 9.59 Å². The molecule has 9 nitrogen and oxygen atoms in total. The van der Waals surface area contributed by atoms with Gasteiger partial charge in [-0.05, 0) is 30.1 Å². The van der Waals surface area contributed by atoms with Crippen molar-refractivity contribution >= 4 is 12.2 Å². The highest BCUT2D eigenvalue weighted by atomic mass is 16.6. The predicted molar refractivity (Wildman–Crippen MR) is 107 cm³/mol. The Morgan fingerprint density at radius 1 is 1.13 bits per heavy atom. The van der Waals surface area contributed by atoms with E-state index in [0.717, 1.165) is 19.3 Å². The van der Waals surface area contributed by atoms with E-state index in [2.05, 4.69) is 31.1 Å². The van der Waals surface area contributed by atoms with E-state index in [0.29, 0.717) is 33.0 Å². The summed E-state index contributed by atoms with van der Waals surface area (Å²) in [5.41, 5.74) is -0.148. The van der Waals surface area contributed by atoms with Gasteiger partial charge in [0.15, 0.2) is 6.10 Å². The summed E-state index contributed by atoms with van der Waals surface area (Å²) in [6.07, 6.45) is 3.46. The number of isocyanates is 1. The molecule has 170 valence electrons. The van der Waals surface area contributed by atoms with Crippen molar-refractivity contribution in [3.05, 3.63) is 0 Å². The van der Waals surface area contributed by atoms with Crippen molar-refractivity contribution in [3.8, 4) is 0 Å². The molecule has 3 aliphatic rings. The van der Waals surface area contributed by atoms with Crippen molar-refractivity contribution < 1.29 is 33.3 Å². The number of epoxide rings is 2. The van der Waals surface area contributed by atoms with Crippen LogP contribution in [0.5, 0.6) is 0 Å². The van der Waals surface area contributed by atoms with Crippen molar-refractivity contribution in [2.24, 2.45) is 15.8 Å². The number of amides is 1. The molecule has 3 rings (SSSR count). The molecule has 3 fully saturated rings. The highest BCUT2D eigenvalue weighted by Gasteiger charge is 2.41. The Morgan fingerprint density at radius 3 is 2.27 bits per heavy atom. The fourth-order valence-electron chi connectivity index (χ4n) is 4.46. The van der Waals surface area contributed by atoms with E-state index in [-0.39, 0.29) is 42.3 Å². The SMILES string of the molecule is CC1(C)CC(N=C=O)CC(C)(CNC(=O)OC(COCC2CO2)COCC2CO2)C1. The average Bonchev–Trinajstić information content (AvgIpc) is 3.54. The number of alkyl carbamates (subject to hydrolysis) is 1. The lowest BCUT2D eigenvalue weighted by molar-refractivity contribution is -0.0335. The predicted octanol–water partition coefficient (Wildman–Crippen LogP) is 1.83. The molecular formula is C21H34N2O7. The first-order valence-electron chi connectivity index (χ1n) is 10.7. The van der Waals surface area contributed by atoms with Crippen LogP contribution in [0.1, 0.15) is 40.0 Å². The van der Waals surface area contributed by atoms with Gasteiger partial charge in [-0.3, -0.25) is 0 Å². The zero-order valence-electron chi connectivity index (χ0n) is 18.2. The Kier molecular flexibility index (Phi) is 7.87. The van der Waals surface area contributed by atoms with Gasteiger partial charge in [-0.15, -0.1) is 0 Å². The average molecular weight is 427 g/mol. The standard InChI is InChI=1S/C21H34N2O7/c1-20(2)4-15(23-14-24)5-21(3,12-20)13-22-19(25)30-18(8-26-6-16-10-28-16)9-27-7-17-11-29-17/h15-18H,4-13H2,1-3H3,(H,22,25). The number of hydrogen-bond donors (Lipinski definition) is 1. The molecule has 4 unspecified atom stereocenters. The van der Waals surface area contributed by atoms with Crippen molar-refractivity contribution in [2.75, 3.05) is 46.2 Å². The third kappa shape index (κ3) is 8.32. The van der Waals surface area contributed by atoms with E-state index in [1.54, 1.807) is 6.08 Å². The monoisotopic (exact) mass is 426 g/mol. The Hall–Kier alpha value is -1.51. The largest absolute Gasteiger partial charge is 0.441 e. The molecule has 4 atom stereocenters. The molecule has 0 aromatic rings. The number of nitrogens with one attached hydrogen (secondary N) is 1.